The largest absolute Gasteiger partial charge is 0.457 e. The number of allylic oxidation sites excluding steroid dienone is 1. The van der Waals surface area contributed by atoms with E-state index >= 15 is 0 Å². The van der Waals surface area contributed by atoms with E-state index in [0.29, 0.717) is 0 Å². The van der Waals surface area contributed by atoms with Crippen LogP contribution in [0.25, 0.3) is 17.4 Å². The number of pyridine rings is 1. The lowest BCUT2D eigenvalue weighted by Crippen LogP contribution is -1.75. The smallest absolute Gasteiger partial charge is 0.136 e. The molecular formula is C13H12BrNO. The van der Waals surface area contributed by atoms with Gasteiger partial charge in [0.25, 0.3) is 0 Å². The Morgan fingerprint density at radius 1 is 1.44 bits per heavy atom. The van der Waals surface area contributed by atoms with E-state index in [9.17, 15) is 0 Å². The van der Waals surface area contributed by atoms with Gasteiger partial charge in [0.2, 0.25) is 0 Å². The SMILES string of the molecule is CC(=Cc1ccc(-c2cccnc2)o1)CBr. The summed E-state index contributed by atoms with van der Waals surface area (Å²) in [5.74, 6) is 1.72. The zero-order valence-corrected chi connectivity index (χ0v) is 10.6. The standard InChI is InChI=1S/C13H12BrNO/c1-10(8-14)7-12-4-5-13(16-12)11-3-2-6-15-9-11/h2-7,9H,8H2,1H3. The molecule has 2 aromatic rings. The van der Waals surface area contributed by atoms with Crippen molar-refractivity contribution in [3.63, 3.8) is 0 Å². The van der Waals surface area contributed by atoms with Crippen LogP contribution >= 0.6 is 15.9 Å². The van der Waals surface area contributed by atoms with Gasteiger partial charge >= 0.3 is 0 Å². The van der Waals surface area contributed by atoms with Gasteiger partial charge in [-0.25, -0.2) is 0 Å². The van der Waals surface area contributed by atoms with E-state index in [2.05, 4.69) is 27.8 Å². The normalized spacial score (nSPS) is 11.8. The summed E-state index contributed by atoms with van der Waals surface area (Å²) in [5, 5.41) is 0.857. The third-order valence-electron chi connectivity index (χ3n) is 2.17. The van der Waals surface area contributed by atoms with Gasteiger partial charge in [-0.15, -0.1) is 0 Å². The molecule has 3 heteroatoms. The van der Waals surface area contributed by atoms with Crippen LogP contribution in [0.5, 0.6) is 0 Å². The predicted octanol–water partition coefficient (Wildman–Crippen LogP) is 4.14. The Balaban J connectivity index is 2.27. The second-order valence-corrected chi connectivity index (χ2v) is 4.13. The van der Waals surface area contributed by atoms with Crippen LogP contribution < -0.4 is 0 Å². The molecule has 0 radical (unpaired) electrons. The molecule has 16 heavy (non-hydrogen) atoms. The molecule has 0 aliphatic carbocycles. The Labute approximate surface area is 103 Å². The lowest BCUT2D eigenvalue weighted by molar-refractivity contribution is 0.571. The maximum Gasteiger partial charge on any atom is 0.136 e. The van der Waals surface area contributed by atoms with Crippen molar-refractivity contribution in [2.75, 3.05) is 5.33 Å². The van der Waals surface area contributed by atoms with Crippen LogP contribution in [-0.4, -0.2) is 10.3 Å². The molecule has 0 saturated heterocycles. The van der Waals surface area contributed by atoms with Crippen molar-refractivity contribution in [2.24, 2.45) is 0 Å². The fourth-order valence-electron chi connectivity index (χ4n) is 1.38. The van der Waals surface area contributed by atoms with Gasteiger partial charge in [-0.2, -0.15) is 0 Å². The Bertz CT molecular complexity index is 488. The summed E-state index contributed by atoms with van der Waals surface area (Å²) >= 11 is 3.40. The number of furan rings is 1. The van der Waals surface area contributed by atoms with Crippen molar-refractivity contribution in [1.29, 1.82) is 0 Å². The van der Waals surface area contributed by atoms with Gasteiger partial charge < -0.3 is 4.42 Å². The molecule has 82 valence electrons. The van der Waals surface area contributed by atoms with Crippen LogP contribution in [0.4, 0.5) is 0 Å². The summed E-state index contributed by atoms with van der Waals surface area (Å²) in [6.07, 6.45) is 5.57. The second-order valence-electron chi connectivity index (χ2n) is 3.57. The average molecular weight is 278 g/mol. The first-order chi connectivity index (χ1) is 7.79. The summed E-state index contributed by atoms with van der Waals surface area (Å²) in [4.78, 5) is 4.06. The molecule has 0 amide bonds. The van der Waals surface area contributed by atoms with Crippen molar-refractivity contribution >= 4 is 22.0 Å². The summed E-state index contributed by atoms with van der Waals surface area (Å²) < 4.78 is 5.70. The fraction of sp³-hybridized carbons (Fsp3) is 0.154. The lowest BCUT2D eigenvalue weighted by Gasteiger charge is -1.95. The minimum absolute atomic E-state index is 0.849. The van der Waals surface area contributed by atoms with E-state index in [1.807, 2.05) is 30.3 Å². The van der Waals surface area contributed by atoms with E-state index in [4.69, 9.17) is 4.42 Å². The Hall–Kier alpha value is -1.35. The number of aromatic nitrogens is 1. The number of hydrogen-bond donors (Lipinski definition) is 0. The lowest BCUT2D eigenvalue weighted by atomic mass is 10.2. The summed E-state index contributed by atoms with van der Waals surface area (Å²) in [5.41, 5.74) is 2.23. The van der Waals surface area contributed by atoms with Crippen LogP contribution in [0.15, 0.2) is 46.6 Å². The van der Waals surface area contributed by atoms with Crippen LogP contribution in [0.3, 0.4) is 0 Å². The first-order valence-electron chi connectivity index (χ1n) is 5.03. The summed E-state index contributed by atoms with van der Waals surface area (Å²) in [7, 11) is 0. The average Bonchev–Trinajstić information content (AvgIpc) is 2.78. The van der Waals surface area contributed by atoms with Gasteiger partial charge in [0.05, 0.1) is 0 Å². The molecule has 0 bridgehead atoms. The molecule has 0 aliphatic heterocycles. The minimum atomic E-state index is 0.849. The molecule has 0 fully saturated rings. The third-order valence-corrected chi connectivity index (χ3v) is 3.06. The topological polar surface area (TPSA) is 26.0 Å². The quantitative estimate of drug-likeness (QED) is 0.788. The molecule has 0 atom stereocenters. The fourth-order valence-corrected chi connectivity index (χ4v) is 1.54. The number of alkyl halides is 1. The zero-order valence-electron chi connectivity index (χ0n) is 8.98. The van der Waals surface area contributed by atoms with E-state index < -0.39 is 0 Å². The second kappa shape index (κ2) is 5.12. The molecular weight excluding hydrogens is 266 g/mol. The molecule has 0 aromatic carbocycles. The van der Waals surface area contributed by atoms with Crippen molar-refractivity contribution < 1.29 is 4.42 Å². The molecule has 0 aliphatic rings. The van der Waals surface area contributed by atoms with Crippen molar-refractivity contribution in [1.82, 2.24) is 4.98 Å². The predicted molar refractivity (Wildman–Crippen MR) is 69.4 cm³/mol. The van der Waals surface area contributed by atoms with Gasteiger partial charge in [-0.1, -0.05) is 21.5 Å². The van der Waals surface area contributed by atoms with Crippen LogP contribution in [0.1, 0.15) is 12.7 Å². The highest BCUT2D eigenvalue weighted by Gasteiger charge is 2.02. The van der Waals surface area contributed by atoms with Crippen LogP contribution in [0.2, 0.25) is 0 Å². The zero-order chi connectivity index (χ0) is 11.4. The Morgan fingerprint density at radius 2 is 2.31 bits per heavy atom. The molecule has 2 heterocycles. The highest BCUT2D eigenvalue weighted by Crippen LogP contribution is 2.22. The molecule has 0 spiro atoms. The molecule has 2 nitrogen and oxygen atoms in total. The summed E-state index contributed by atoms with van der Waals surface area (Å²) in [6, 6.07) is 7.81. The maximum atomic E-state index is 5.70. The minimum Gasteiger partial charge on any atom is -0.457 e. The third kappa shape index (κ3) is 2.61. The highest BCUT2D eigenvalue weighted by molar-refractivity contribution is 9.09. The first kappa shape index (κ1) is 11.1. The number of halogens is 1. The van der Waals surface area contributed by atoms with E-state index in [-0.39, 0.29) is 0 Å². The Morgan fingerprint density at radius 3 is 3.00 bits per heavy atom. The number of rotatable bonds is 3. The van der Waals surface area contributed by atoms with Gasteiger partial charge in [-0.3, -0.25) is 4.98 Å². The number of hydrogen-bond acceptors (Lipinski definition) is 2. The monoisotopic (exact) mass is 277 g/mol. The van der Waals surface area contributed by atoms with Crippen LogP contribution in [0, 0.1) is 0 Å². The van der Waals surface area contributed by atoms with E-state index in [1.165, 1.54) is 5.57 Å². The molecule has 0 saturated carbocycles. The van der Waals surface area contributed by atoms with Gasteiger partial charge in [-0.05, 0) is 37.3 Å². The van der Waals surface area contributed by atoms with Crippen molar-refractivity contribution in [3.05, 3.63) is 48.0 Å². The molecule has 2 aromatic heterocycles. The van der Waals surface area contributed by atoms with Gasteiger partial charge in [0.1, 0.15) is 11.5 Å². The molecule has 2 rings (SSSR count). The summed E-state index contributed by atoms with van der Waals surface area (Å²) in [6.45, 7) is 2.06. The number of nitrogens with zero attached hydrogens (tertiary/aromatic N) is 1. The van der Waals surface area contributed by atoms with Crippen molar-refractivity contribution in [3.8, 4) is 11.3 Å². The highest BCUT2D eigenvalue weighted by atomic mass is 79.9. The van der Waals surface area contributed by atoms with E-state index in [1.54, 1.807) is 12.4 Å². The Kier molecular flexibility index (Phi) is 3.57. The van der Waals surface area contributed by atoms with Crippen molar-refractivity contribution in [2.45, 2.75) is 6.92 Å². The molecule has 0 unspecified atom stereocenters. The first-order valence-corrected chi connectivity index (χ1v) is 6.15. The van der Waals surface area contributed by atoms with Gasteiger partial charge in [0.15, 0.2) is 0 Å². The molecule has 0 N–H and O–H groups in total. The van der Waals surface area contributed by atoms with Gasteiger partial charge in [0, 0.05) is 23.3 Å². The maximum absolute atomic E-state index is 5.70. The van der Waals surface area contributed by atoms with Crippen LogP contribution in [-0.2, 0) is 0 Å². The van der Waals surface area contributed by atoms with E-state index in [0.717, 1.165) is 22.4 Å².